The Morgan fingerprint density at radius 2 is 1.17 bits per heavy atom. The SMILES string of the molecule is CC(=O)NCSC[C@@H]1NC(=O)[C@H]([C@@H](C)O)NC(=O)[C@@H](NC(C)=O)CC(=O)NCCCC[C@@H](C(=O)N[C@@H](Cc2cnc[nH]2)C(=O)O)NC(=O)[C@H](CCCN=C(N)N)NC(=O)[C@H](Cc2cccc3ccccc23)NC(=O)[C@H]([C@@H](C)O)NC(=O)[C@H](CCCNC(N)=O)NC(=O)[C@H](CCCN=C(N)N)NC1=O. The van der Waals surface area contributed by atoms with Gasteiger partial charge in [-0.15, -0.1) is 11.8 Å². The number of imidazole rings is 1. The van der Waals surface area contributed by atoms with E-state index in [0.29, 0.717) is 22.0 Å². The van der Waals surface area contributed by atoms with Gasteiger partial charge in [0, 0.05) is 70.5 Å². The number of nitrogens with zero attached hydrogens (tertiary/aromatic N) is 3. The molecular weight excluding hydrogens is 1370 g/mol. The van der Waals surface area contributed by atoms with Crippen molar-refractivity contribution in [1.29, 1.82) is 0 Å². The Balaban J connectivity index is 1.93. The Labute approximate surface area is 596 Å². The number of aliphatic carboxylic acids is 1. The highest BCUT2D eigenvalue weighted by molar-refractivity contribution is 7.99. The van der Waals surface area contributed by atoms with Crippen molar-refractivity contribution >= 4 is 117 Å². The summed E-state index contributed by atoms with van der Waals surface area (Å²) in [7, 11) is 0. The first-order chi connectivity index (χ1) is 48.8. The van der Waals surface area contributed by atoms with Crippen LogP contribution in [0.15, 0.2) is 65.0 Å². The number of H-pyrrole nitrogens is 1. The smallest absolute Gasteiger partial charge is 0.326 e. The van der Waals surface area contributed by atoms with E-state index in [2.05, 4.69) is 89.1 Å². The van der Waals surface area contributed by atoms with Gasteiger partial charge >= 0.3 is 12.0 Å². The van der Waals surface area contributed by atoms with Crippen LogP contribution in [0.5, 0.6) is 0 Å². The molecule has 2 aromatic carbocycles. The Kier molecular flexibility index (Phi) is 35.9. The van der Waals surface area contributed by atoms with Crippen molar-refractivity contribution in [2.45, 2.75) is 177 Å². The van der Waals surface area contributed by atoms with Crippen molar-refractivity contribution in [3.05, 3.63) is 66.2 Å². The molecule has 0 saturated carbocycles. The number of urea groups is 1. The summed E-state index contributed by atoms with van der Waals surface area (Å²) in [5.74, 6) is -14.6. The van der Waals surface area contributed by atoms with Gasteiger partial charge in [-0.25, -0.2) is 14.6 Å². The zero-order valence-electron chi connectivity index (χ0n) is 57.5. The topological polar surface area (TPSA) is 640 Å². The van der Waals surface area contributed by atoms with Crippen LogP contribution in [0.1, 0.15) is 103 Å². The molecule has 3 aromatic rings. The quantitative estimate of drug-likeness (QED) is 0.0154. The summed E-state index contributed by atoms with van der Waals surface area (Å²) in [5.41, 5.74) is 28.5. The van der Waals surface area contributed by atoms with E-state index < -0.39 is 162 Å². The normalized spacial score (nSPS) is 22.2. The van der Waals surface area contributed by atoms with Gasteiger partial charge in [-0.1, -0.05) is 42.5 Å². The molecular formula is C63H96N22O17S. The third kappa shape index (κ3) is 30.9. The third-order valence-corrected chi connectivity index (χ3v) is 16.6. The molecule has 1 saturated heterocycles. The van der Waals surface area contributed by atoms with Gasteiger partial charge in [0.1, 0.15) is 60.4 Å². The summed E-state index contributed by atoms with van der Waals surface area (Å²) in [6.07, 6.45) is -3.49. The number of amides is 14. The molecule has 1 aromatic heterocycles. The number of primary amides is 1. The number of carboxylic acid groups (broad SMARTS) is 1. The van der Waals surface area contributed by atoms with E-state index in [1.165, 1.54) is 19.4 Å². The lowest BCUT2D eigenvalue weighted by Gasteiger charge is -2.29. The summed E-state index contributed by atoms with van der Waals surface area (Å²) in [5, 5.41) is 66.3. The first-order valence-corrected chi connectivity index (χ1v) is 34.3. The molecule has 0 radical (unpaired) electrons. The molecule has 1 fully saturated rings. The van der Waals surface area contributed by atoms with Gasteiger partial charge in [0.2, 0.25) is 70.9 Å². The van der Waals surface area contributed by atoms with E-state index >= 15 is 4.79 Å². The highest BCUT2D eigenvalue weighted by Crippen LogP contribution is 2.21. The standard InChI is InChI=1S/C63H96N22O17S/c1-32(86)49-58(98)81-44(25-37-15-9-14-36-13-5-6-16-39(36)37)55(95)79-41(18-10-22-71-61(64)65)51(91)77-40(53(93)82-46(60(100)101)26-38-28-69-30-74-38)17-7-8-21-70-48(90)27-45(76-35(4)89)56(96)85-50(33(2)87)59(99)83-47(29-103-31-75-34(3)88)57(97)80-42(19-11-23-72-62(66)67)52(92)78-43(54(94)84-49)20-12-24-73-63(68)102/h5-6,9,13-16,28,30,32-33,40-47,49-50,86-87H,7-8,10-12,17-27,29,31H2,1-4H3,(H,69,74)(H,70,90)(H,75,88)(H,76,89)(H,77,91)(H,78,92)(H,79,95)(H,80,97)(H,81,98)(H,82,93)(H,83,99)(H,84,94)(H,85,96)(H,100,101)(H4,64,65,71)(H4,66,67,72)(H3,68,73,102)/t32-,33-,40+,41+,42+,43+,44+,45+,46+,47+,49+,50+/m1/s1. The number of thioether (sulfide) groups is 1. The summed E-state index contributed by atoms with van der Waals surface area (Å²) in [6, 6.07) is -5.81. The molecule has 0 unspecified atom stereocenters. The van der Waals surface area contributed by atoms with Crippen molar-refractivity contribution in [2.24, 2.45) is 38.7 Å². The Hall–Kier alpha value is -10.9. The molecule has 1 aliphatic heterocycles. The number of nitrogens with one attached hydrogen (secondary N) is 14. The number of aliphatic hydroxyl groups is 2. The molecule has 566 valence electrons. The molecule has 39 nitrogen and oxygen atoms in total. The van der Waals surface area contributed by atoms with Gasteiger partial charge < -0.3 is 118 Å². The van der Waals surface area contributed by atoms with Crippen molar-refractivity contribution in [1.82, 2.24) is 79.1 Å². The summed E-state index contributed by atoms with van der Waals surface area (Å²) in [6.45, 7) is 3.93. The minimum atomic E-state index is -1.96. The fourth-order valence-electron chi connectivity index (χ4n) is 10.4. The average molecular weight is 1470 g/mol. The van der Waals surface area contributed by atoms with E-state index in [4.69, 9.17) is 28.7 Å². The molecule has 14 amide bonds. The van der Waals surface area contributed by atoms with Crippen molar-refractivity contribution < 1.29 is 82.4 Å². The molecule has 2 heterocycles. The van der Waals surface area contributed by atoms with Crippen LogP contribution in [-0.4, -0.2) is 231 Å². The third-order valence-electron chi connectivity index (χ3n) is 15.7. The number of aromatic amines is 1. The Morgan fingerprint density at radius 1 is 0.631 bits per heavy atom. The summed E-state index contributed by atoms with van der Waals surface area (Å²) >= 11 is 0.911. The maximum absolute atomic E-state index is 15.1. The van der Waals surface area contributed by atoms with E-state index in [1.54, 1.807) is 42.5 Å². The van der Waals surface area contributed by atoms with Gasteiger partial charge in [-0.2, -0.15) is 0 Å². The molecule has 0 spiro atoms. The number of aliphatic imine (C=N–C) groups is 2. The largest absolute Gasteiger partial charge is 0.480 e. The van der Waals surface area contributed by atoms with Gasteiger partial charge in [-0.05, 0) is 88.0 Å². The van der Waals surface area contributed by atoms with Gasteiger partial charge in [0.15, 0.2) is 11.9 Å². The number of aliphatic hydroxyl groups excluding tert-OH is 2. The number of hydrogen-bond acceptors (Lipinski definition) is 20. The number of rotatable bonds is 26. The van der Waals surface area contributed by atoms with Gasteiger partial charge in [0.25, 0.3) is 0 Å². The number of carbonyl (C=O) groups excluding carboxylic acids is 13. The maximum Gasteiger partial charge on any atom is 0.326 e. The number of fused-ring (bicyclic) bond motifs is 1. The fourth-order valence-corrected chi connectivity index (χ4v) is 11.3. The average Bonchev–Trinajstić information content (AvgIpc) is 1.01. The molecule has 0 aliphatic carbocycles. The highest BCUT2D eigenvalue weighted by atomic mass is 32.2. The number of guanidine groups is 2. The predicted molar refractivity (Wildman–Crippen MR) is 375 cm³/mol. The zero-order chi connectivity index (χ0) is 76.3. The van der Waals surface area contributed by atoms with Crippen LogP contribution in [0, 0.1) is 0 Å². The van der Waals surface area contributed by atoms with Crippen molar-refractivity contribution in [3.63, 3.8) is 0 Å². The van der Waals surface area contributed by atoms with Crippen LogP contribution < -0.4 is 97.8 Å². The first-order valence-electron chi connectivity index (χ1n) is 33.1. The second-order valence-corrected chi connectivity index (χ2v) is 25.3. The second kappa shape index (κ2) is 43.7. The molecule has 1 aliphatic rings. The lowest BCUT2D eigenvalue weighted by atomic mass is 9.97. The lowest BCUT2D eigenvalue weighted by Crippen LogP contribution is -2.62. The van der Waals surface area contributed by atoms with Crippen molar-refractivity contribution in [2.75, 3.05) is 37.8 Å². The van der Waals surface area contributed by atoms with Gasteiger partial charge in [-0.3, -0.25) is 67.5 Å². The molecule has 12 atom stereocenters. The molecule has 27 N–H and O–H groups in total. The van der Waals surface area contributed by atoms with E-state index in [1.807, 2.05) is 0 Å². The number of carboxylic acids is 1. The van der Waals surface area contributed by atoms with Crippen molar-refractivity contribution in [3.8, 4) is 0 Å². The van der Waals surface area contributed by atoms with Crippen LogP contribution >= 0.6 is 11.8 Å². The Morgan fingerprint density at radius 3 is 1.72 bits per heavy atom. The van der Waals surface area contributed by atoms with Crippen LogP contribution in [-0.2, 0) is 75.2 Å². The summed E-state index contributed by atoms with van der Waals surface area (Å²) < 4.78 is 0. The zero-order valence-corrected chi connectivity index (χ0v) is 58.4. The second-order valence-electron chi connectivity index (χ2n) is 24.2. The summed E-state index contributed by atoms with van der Waals surface area (Å²) in [4.78, 5) is 208. The van der Waals surface area contributed by atoms with Gasteiger partial charge in [0.05, 0.1) is 30.8 Å². The van der Waals surface area contributed by atoms with Crippen LogP contribution in [0.25, 0.3) is 10.8 Å². The number of benzene rings is 2. The lowest BCUT2D eigenvalue weighted by molar-refractivity contribution is -0.142. The number of hydrogen-bond donors (Lipinski definition) is 22. The fraction of sp³-hybridized carbons (Fsp3) is 0.540. The minimum absolute atomic E-state index is 0.00232. The molecule has 40 heteroatoms. The van der Waals surface area contributed by atoms with Crippen LogP contribution in [0.4, 0.5) is 4.79 Å². The van der Waals surface area contributed by atoms with Crippen LogP contribution in [0.2, 0.25) is 0 Å². The number of carbonyl (C=O) groups is 14. The molecule has 0 bridgehead atoms. The molecule has 103 heavy (non-hydrogen) atoms. The highest BCUT2D eigenvalue weighted by Gasteiger charge is 2.38. The number of aromatic nitrogens is 2. The Bertz CT molecular complexity index is 3480. The predicted octanol–water partition coefficient (Wildman–Crippen LogP) is -6.87. The van der Waals surface area contributed by atoms with E-state index in [9.17, 15) is 77.6 Å². The monoisotopic (exact) mass is 1460 g/mol. The van der Waals surface area contributed by atoms with E-state index in [-0.39, 0.29) is 120 Å². The van der Waals surface area contributed by atoms with Crippen LogP contribution in [0.3, 0.4) is 0 Å². The minimum Gasteiger partial charge on any atom is -0.480 e. The first kappa shape index (κ1) is 84.5. The van der Waals surface area contributed by atoms with E-state index in [0.717, 1.165) is 32.5 Å². The number of nitrogens with two attached hydrogens (primary N) is 5. The maximum atomic E-state index is 15.1. The molecule has 4 rings (SSSR count).